The molecule has 0 amide bonds. The second-order valence-corrected chi connectivity index (χ2v) is 4.56. The Morgan fingerprint density at radius 3 is 2.63 bits per heavy atom. The minimum Gasteiger partial charge on any atom is -0.496 e. The van der Waals surface area contributed by atoms with E-state index in [4.69, 9.17) is 10.5 Å². The summed E-state index contributed by atoms with van der Waals surface area (Å²) in [7, 11) is 1.67. The SMILES string of the molecule is CCc1ccc(CC(N)c2ccccc2OC)nc1. The van der Waals surface area contributed by atoms with E-state index >= 15 is 0 Å². The molecule has 0 aliphatic heterocycles. The fraction of sp³-hybridized carbons (Fsp3) is 0.312. The third-order valence-electron chi connectivity index (χ3n) is 3.26. The van der Waals surface area contributed by atoms with Crippen LogP contribution in [0.2, 0.25) is 0 Å². The third kappa shape index (κ3) is 3.32. The van der Waals surface area contributed by atoms with E-state index in [1.807, 2.05) is 36.5 Å². The van der Waals surface area contributed by atoms with Gasteiger partial charge in [0.25, 0.3) is 0 Å². The van der Waals surface area contributed by atoms with Gasteiger partial charge in [-0.25, -0.2) is 0 Å². The zero-order valence-electron chi connectivity index (χ0n) is 11.5. The molecule has 0 saturated heterocycles. The molecule has 0 aliphatic carbocycles. The van der Waals surface area contributed by atoms with E-state index in [0.29, 0.717) is 6.42 Å². The highest BCUT2D eigenvalue weighted by atomic mass is 16.5. The van der Waals surface area contributed by atoms with Gasteiger partial charge in [-0.3, -0.25) is 4.98 Å². The molecule has 1 aromatic heterocycles. The van der Waals surface area contributed by atoms with Crippen molar-refractivity contribution in [1.82, 2.24) is 4.98 Å². The van der Waals surface area contributed by atoms with Gasteiger partial charge in [-0.1, -0.05) is 31.2 Å². The van der Waals surface area contributed by atoms with E-state index in [1.54, 1.807) is 7.11 Å². The number of rotatable bonds is 5. The summed E-state index contributed by atoms with van der Waals surface area (Å²) < 4.78 is 5.34. The summed E-state index contributed by atoms with van der Waals surface area (Å²) in [6.45, 7) is 2.12. The molecule has 19 heavy (non-hydrogen) atoms. The molecular formula is C16H20N2O. The third-order valence-corrected chi connectivity index (χ3v) is 3.26. The summed E-state index contributed by atoms with van der Waals surface area (Å²) in [5.41, 5.74) is 9.53. The number of aryl methyl sites for hydroxylation is 1. The van der Waals surface area contributed by atoms with Crippen molar-refractivity contribution in [2.45, 2.75) is 25.8 Å². The molecule has 1 aromatic carbocycles. The first-order valence-corrected chi connectivity index (χ1v) is 6.57. The summed E-state index contributed by atoms with van der Waals surface area (Å²) in [4.78, 5) is 4.45. The van der Waals surface area contributed by atoms with Crippen LogP contribution in [-0.4, -0.2) is 12.1 Å². The van der Waals surface area contributed by atoms with Gasteiger partial charge in [0.05, 0.1) is 7.11 Å². The summed E-state index contributed by atoms with van der Waals surface area (Å²) >= 11 is 0. The second-order valence-electron chi connectivity index (χ2n) is 4.56. The first kappa shape index (κ1) is 13.6. The first-order valence-electron chi connectivity index (χ1n) is 6.57. The lowest BCUT2D eigenvalue weighted by Crippen LogP contribution is -2.15. The van der Waals surface area contributed by atoms with Crippen LogP contribution in [0.25, 0.3) is 0 Å². The number of nitrogens with two attached hydrogens (primary N) is 1. The number of nitrogens with zero attached hydrogens (tertiary/aromatic N) is 1. The van der Waals surface area contributed by atoms with Crippen LogP contribution in [0, 0.1) is 0 Å². The molecule has 0 fully saturated rings. The number of ether oxygens (including phenoxy) is 1. The molecule has 2 N–H and O–H groups in total. The lowest BCUT2D eigenvalue weighted by atomic mass is 10.0. The maximum atomic E-state index is 6.25. The molecule has 0 saturated carbocycles. The highest BCUT2D eigenvalue weighted by Gasteiger charge is 2.12. The number of aromatic nitrogens is 1. The molecule has 100 valence electrons. The van der Waals surface area contributed by atoms with Gasteiger partial charge in [-0.2, -0.15) is 0 Å². The van der Waals surface area contributed by atoms with Crippen molar-refractivity contribution < 1.29 is 4.74 Å². The van der Waals surface area contributed by atoms with Gasteiger partial charge in [0.1, 0.15) is 5.75 Å². The largest absolute Gasteiger partial charge is 0.496 e. The van der Waals surface area contributed by atoms with Crippen LogP contribution in [0.1, 0.15) is 29.8 Å². The van der Waals surface area contributed by atoms with Gasteiger partial charge in [-0.15, -0.1) is 0 Å². The fourth-order valence-electron chi connectivity index (χ4n) is 2.09. The number of pyridine rings is 1. The van der Waals surface area contributed by atoms with Crippen LogP contribution in [0.3, 0.4) is 0 Å². The zero-order valence-corrected chi connectivity index (χ0v) is 11.5. The zero-order chi connectivity index (χ0) is 13.7. The monoisotopic (exact) mass is 256 g/mol. The van der Waals surface area contributed by atoms with Crippen LogP contribution in [0.15, 0.2) is 42.6 Å². The van der Waals surface area contributed by atoms with Crippen molar-refractivity contribution >= 4 is 0 Å². The molecule has 3 heteroatoms. The highest BCUT2D eigenvalue weighted by Crippen LogP contribution is 2.25. The minimum atomic E-state index is -0.101. The van der Waals surface area contributed by atoms with E-state index in [2.05, 4.69) is 18.0 Å². The van der Waals surface area contributed by atoms with Crippen LogP contribution in [0.5, 0.6) is 5.75 Å². The lowest BCUT2D eigenvalue weighted by Gasteiger charge is -2.15. The number of benzene rings is 1. The number of hydrogen-bond donors (Lipinski definition) is 1. The maximum absolute atomic E-state index is 6.25. The van der Waals surface area contributed by atoms with Gasteiger partial charge in [-0.05, 0) is 24.1 Å². The Balaban J connectivity index is 2.13. The van der Waals surface area contributed by atoms with E-state index in [1.165, 1.54) is 5.56 Å². The van der Waals surface area contributed by atoms with Gasteiger partial charge in [0, 0.05) is 29.9 Å². The van der Waals surface area contributed by atoms with Crippen molar-refractivity contribution in [1.29, 1.82) is 0 Å². The molecule has 3 nitrogen and oxygen atoms in total. The minimum absolute atomic E-state index is 0.101. The summed E-state index contributed by atoms with van der Waals surface area (Å²) in [6.07, 6.45) is 3.64. The van der Waals surface area contributed by atoms with Crippen LogP contribution >= 0.6 is 0 Å². The van der Waals surface area contributed by atoms with E-state index < -0.39 is 0 Å². The van der Waals surface area contributed by atoms with Gasteiger partial charge in [0.2, 0.25) is 0 Å². The molecule has 1 unspecified atom stereocenters. The van der Waals surface area contributed by atoms with E-state index in [-0.39, 0.29) is 6.04 Å². The Morgan fingerprint density at radius 1 is 1.21 bits per heavy atom. The Labute approximate surface area is 114 Å². The molecule has 0 spiro atoms. The van der Waals surface area contributed by atoms with Crippen molar-refractivity contribution in [3.05, 3.63) is 59.4 Å². The van der Waals surface area contributed by atoms with Gasteiger partial charge >= 0.3 is 0 Å². The van der Waals surface area contributed by atoms with Crippen LogP contribution < -0.4 is 10.5 Å². The van der Waals surface area contributed by atoms with Crippen molar-refractivity contribution in [3.8, 4) is 5.75 Å². The predicted molar refractivity (Wildman–Crippen MR) is 77.2 cm³/mol. The lowest BCUT2D eigenvalue weighted by molar-refractivity contribution is 0.405. The molecular weight excluding hydrogens is 236 g/mol. The molecule has 0 bridgehead atoms. The Bertz CT molecular complexity index is 523. The van der Waals surface area contributed by atoms with Crippen molar-refractivity contribution in [2.75, 3.05) is 7.11 Å². The number of hydrogen-bond acceptors (Lipinski definition) is 3. The molecule has 2 rings (SSSR count). The number of methoxy groups -OCH3 is 1. The number of para-hydroxylation sites is 1. The molecule has 0 aliphatic rings. The molecule has 2 aromatic rings. The van der Waals surface area contributed by atoms with Crippen LogP contribution in [0.4, 0.5) is 0 Å². The Morgan fingerprint density at radius 2 is 2.00 bits per heavy atom. The molecule has 0 radical (unpaired) electrons. The first-order chi connectivity index (χ1) is 9.24. The van der Waals surface area contributed by atoms with E-state index in [9.17, 15) is 0 Å². The fourth-order valence-corrected chi connectivity index (χ4v) is 2.09. The average molecular weight is 256 g/mol. The highest BCUT2D eigenvalue weighted by molar-refractivity contribution is 5.36. The summed E-state index contributed by atoms with van der Waals surface area (Å²) in [5.74, 6) is 0.833. The average Bonchev–Trinajstić information content (AvgIpc) is 2.48. The topological polar surface area (TPSA) is 48.1 Å². The van der Waals surface area contributed by atoms with E-state index in [0.717, 1.165) is 23.4 Å². The normalized spacial score (nSPS) is 12.2. The second kappa shape index (κ2) is 6.34. The Hall–Kier alpha value is -1.87. The van der Waals surface area contributed by atoms with Gasteiger partial charge < -0.3 is 10.5 Å². The van der Waals surface area contributed by atoms with Gasteiger partial charge in [0.15, 0.2) is 0 Å². The standard InChI is InChI=1S/C16H20N2O/c1-3-12-8-9-13(18-11-12)10-15(17)14-6-4-5-7-16(14)19-2/h4-9,11,15H,3,10,17H2,1-2H3. The van der Waals surface area contributed by atoms with Crippen molar-refractivity contribution in [3.63, 3.8) is 0 Å². The summed E-state index contributed by atoms with van der Waals surface area (Å²) in [5, 5.41) is 0. The smallest absolute Gasteiger partial charge is 0.123 e. The van der Waals surface area contributed by atoms with Crippen LogP contribution in [-0.2, 0) is 12.8 Å². The summed E-state index contributed by atoms with van der Waals surface area (Å²) in [6, 6.07) is 11.9. The molecule has 1 heterocycles. The maximum Gasteiger partial charge on any atom is 0.123 e. The van der Waals surface area contributed by atoms with Crippen molar-refractivity contribution in [2.24, 2.45) is 5.73 Å². The molecule has 1 atom stereocenters. The predicted octanol–water partition coefficient (Wildman–Crippen LogP) is 2.90. The quantitative estimate of drug-likeness (QED) is 0.894. The Kier molecular flexibility index (Phi) is 4.53.